The minimum Gasteiger partial charge on any atom is -0.346 e. The van der Waals surface area contributed by atoms with E-state index in [1.54, 1.807) is 44.2 Å². The van der Waals surface area contributed by atoms with Crippen molar-refractivity contribution in [1.82, 2.24) is 20.9 Å². The Kier molecular flexibility index (Phi) is 8.06. The van der Waals surface area contributed by atoms with E-state index >= 15 is 0 Å². The number of nitrogens with zero attached hydrogens (tertiary/aromatic N) is 1. The highest BCUT2D eigenvalue weighted by molar-refractivity contribution is 6.16. The molecule has 1 saturated heterocycles. The summed E-state index contributed by atoms with van der Waals surface area (Å²) < 4.78 is 14.0. The molecule has 4 atom stereocenters. The number of imide groups is 1. The Morgan fingerprint density at radius 2 is 1.71 bits per heavy atom. The standard InChI is InChI=1S/C25H27FN4O5/c1-13(2)20(21(32)19-14(3)23(33)30-25(19)35)29-18(31)12-17(15-8-5-4-6-9-15)28-24(34)16-10-7-11-27-22(16)26/h4-11,13-14,17,19-20H,12H2,1-3H3,(H,28,34)(H,29,31)(H,30,33,35)/t14-,17+,19-,20-/m1/s1. The van der Waals surface area contributed by atoms with Crippen LogP contribution in [-0.4, -0.2) is 40.4 Å². The Labute approximate surface area is 201 Å². The highest BCUT2D eigenvalue weighted by atomic mass is 19.1. The van der Waals surface area contributed by atoms with Crippen molar-refractivity contribution in [3.63, 3.8) is 0 Å². The Bertz CT molecular complexity index is 1140. The van der Waals surface area contributed by atoms with E-state index in [2.05, 4.69) is 20.9 Å². The summed E-state index contributed by atoms with van der Waals surface area (Å²) in [5, 5.41) is 7.46. The lowest BCUT2D eigenvalue weighted by Gasteiger charge is -2.26. The summed E-state index contributed by atoms with van der Waals surface area (Å²) >= 11 is 0. The summed E-state index contributed by atoms with van der Waals surface area (Å²) in [4.78, 5) is 66.2. The number of hydrogen-bond donors (Lipinski definition) is 3. The predicted molar refractivity (Wildman–Crippen MR) is 123 cm³/mol. The van der Waals surface area contributed by atoms with Gasteiger partial charge in [-0.3, -0.25) is 29.3 Å². The minimum atomic E-state index is -1.19. The molecule has 1 aliphatic rings. The van der Waals surface area contributed by atoms with Crippen molar-refractivity contribution < 1.29 is 28.4 Å². The molecule has 0 saturated carbocycles. The van der Waals surface area contributed by atoms with E-state index in [4.69, 9.17) is 0 Å². The topological polar surface area (TPSA) is 134 Å². The van der Waals surface area contributed by atoms with Crippen LogP contribution in [0.15, 0.2) is 48.7 Å². The lowest BCUT2D eigenvalue weighted by molar-refractivity contribution is -0.137. The molecule has 1 fully saturated rings. The largest absolute Gasteiger partial charge is 0.346 e. The molecular formula is C25H27FN4O5. The van der Waals surface area contributed by atoms with Gasteiger partial charge in [-0.2, -0.15) is 4.39 Å². The van der Waals surface area contributed by atoms with E-state index < -0.39 is 59.3 Å². The summed E-state index contributed by atoms with van der Waals surface area (Å²) in [5.74, 6) is -6.40. The lowest BCUT2D eigenvalue weighted by atomic mass is 9.85. The first kappa shape index (κ1) is 25.7. The van der Waals surface area contributed by atoms with Crippen LogP contribution in [0.2, 0.25) is 0 Å². The van der Waals surface area contributed by atoms with Crippen LogP contribution in [-0.2, 0) is 19.2 Å². The Balaban J connectivity index is 1.78. The molecule has 10 heteroatoms. The molecule has 35 heavy (non-hydrogen) atoms. The summed E-state index contributed by atoms with van der Waals surface area (Å²) in [6.45, 7) is 4.91. The van der Waals surface area contributed by atoms with Gasteiger partial charge in [0.1, 0.15) is 5.92 Å². The van der Waals surface area contributed by atoms with Crippen molar-refractivity contribution in [1.29, 1.82) is 0 Å². The van der Waals surface area contributed by atoms with Gasteiger partial charge in [-0.25, -0.2) is 4.98 Å². The van der Waals surface area contributed by atoms with Gasteiger partial charge in [0.25, 0.3) is 5.91 Å². The van der Waals surface area contributed by atoms with Gasteiger partial charge in [0.2, 0.25) is 23.7 Å². The average molecular weight is 483 g/mol. The van der Waals surface area contributed by atoms with Gasteiger partial charge in [0.15, 0.2) is 5.78 Å². The second kappa shape index (κ2) is 11.0. The molecule has 1 aliphatic heterocycles. The molecule has 2 heterocycles. The van der Waals surface area contributed by atoms with Gasteiger partial charge in [-0.1, -0.05) is 51.1 Å². The fraction of sp³-hybridized carbons (Fsp3) is 0.360. The van der Waals surface area contributed by atoms with Gasteiger partial charge in [-0.05, 0) is 23.6 Å². The average Bonchev–Trinajstić information content (AvgIpc) is 3.08. The van der Waals surface area contributed by atoms with Gasteiger partial charge >= 0.3 is 0 Å². The summed E-state index contributed by atoms with van der Waals surface area (Å²) in [6.07, 6.45) is 0.968. The number of halogens is 1. The number of pyridine rings is 1. The molecule has 1 aromatic carbocycles. The van der Waals surface area contributed by atoms with Gasteiger partial charge in [0.05, 0.1) is 30.0 Å². The van der Waals surface area contributed by atoms with E-state index in [0.29, 0.717) is 5.56 Å². The molecule has 3 N–H and O–H groups in total. The fourth-order valence-electron chi connectivity index (χ4n) is 3.97. The fourth-order valence-corrected chi connectivity index (χ4v) is 3.97. The van der Waals surface area contributed by atoms with E-state index in [0.717, 1.165) is 0 Å². The van der Waals surface area contributed by atoms with Crippen LogP contribution in [0.4, 0.5) is 4.39 Å². The number of amides is 4. The maximum Gasteiger partial charge on any atom is 0.256 e. The second-order valence-corrected chi connectivity index (χ2v) is 8.79. The molecule has 0 unspecified atom stereocenters. The first-order chi connectivity index (χ1) is 16.6. The molecule has 0 bridgehead atoms. The van der Waals surface area contributed by atoms with Crippen LogP contribution >= 0.6 is 0 Å². The smallest absolute Gasteiger partial charge is 0.256 e. The molecule has 0 spiro atoms. The van der Waals surface area contributed by atoms with Crippen LogP contribution in [0.25, 0.3) is 0 Å². The zero-order valence-corrected chi connectivity index (χ0v) is 19.6. The normalized spacial score (nSPS) is 19.1. The highest BCUT2D eigenvalue weighted by Crippen LogP contribution is 2.24. The van der Waals surface area contributed by atoms with Crippen LogP contribution in [0.1, 0.15) is 49.2 Å². The number of aromatic nitrogens is 1. The van der Waals surface area contributed by atoms with Crippen LogP contribution in [0.5, 0.6) is 0 Å². The third-order valence-electron chi connectivity index (χ3n) is 5.94. The number of carbonyl (C=O) groups is 5. The maximum absolute atomic E-state index is 14.0. The number of rotatable bonds is 9. The second-order valence-electron chi connectivity index (χ2n) is 8.79. The number of hydrogen-bond acceptors (Lipinski definition) is 6. The third kappa shape index (κ3) is 5.95. The number of benzene rings is 1. The Morgan fingerprint density at radius 1 is 1.03 bits per heavy atom. The number of carbonyl (C=O) groups excluding carboxylic acids is 5. The highest BCUT2D eigenvalue weighted by Gasteiger charge is 2.46. The SMILES string of the molecule is CC(C)[C@@H](NC(=O)C[C@H](NC(=O)c1cccnc1F)c1ccccc1)C(=O)[C@@H]1C(=O)NC(=O)[C@@H]1C. The van der Waals surface area contributed by atoms with Gasteiger partial charge in [0, 0.05) is 6.20 Å². The monoisotopic (exact) mass is 482 g/mol. The van der Waals surface area contributed by atoms with Crippen LogP contribution < -0.4 is 16.0 Å². The van der Waals surface area contributed by atoms with Crippen molar-refractivity contribution >= 4 is 29.4 Å². The van der Waals surface area contributed by atoms with Gasteiger partial charge < -0.3 is 10.6 Å². The first-order valence-corrected chi connectivity index (χ1v) is 11.2. The van der Waals surface area contributed by atoms with Crippen molar-refractivity contribution in [3.05, 3.63) is 65.7 Å². The molecule has 0 aliphatic carbocycles. The maximum atomic E-state index is 14.0. The third-order valence-corrected chi connectivity index (χ3v) is 5.94. The van der Waals surface area contributed by atoms with E-state index in [1.807, 2.05) is 0 Å². The zero-order valence-electron chi connectivity index (χ0n) is 19.6. The predicted octanol–water partition coefficient (Wildman–Crippen LogP) is 1.70. The van der Waals surface area contributed by atoms with Crippen LogP contribution in [0, 0.1) is 23.7 Å². The molecule has 1 aromatic heterocycles. The molecule has 9 nitrogen and oxygen atoms in total. The number of Topliss-reactive ketones (excluding diaryl/α,β-unsaturated/α-hetero) is 1. The molecule has 4 amide bonds. The van der Waals surface area contributed by atoms with E-state index in [1.165, 1.54) is 25.3 Å². The Hall–Kier alpha value is -3.95. The van der Waals surface area contributed by atoms with Crippen LogP contribution in [0.3, 0.4) is 0 Å². The zero-order chi connectivity index (χ0) is 25.7. The Morgan fingerprint density at radius 3 is 2.29 bits per heavy atom. The molecule has 2 aromatic rings. The summed E-state index contributed by atoms with van der Waals surface area (Å²) in [6, 6.07) is 9.50. The summed E-state index contributed by atoms with van der Waals surface area (Å²) in [7, 11) is 0. The van der Waals surface area contributed by atoms with Crippen molar-refractivity contribution in [2.45, 2.75) is 39.3 Å². The van der Waals surface area contributed by atoms with E-state index in [9.17, 15) is 28.4 Å². The van der Waals surface area contributed by atoms with E-state index in [-0.39, 0.29) is 17.9 Å². The minimum absolute atomic E-state index is 0.251. The van der Waals surface area contributed by atoms with Gasteiger partial charge in [-0.15, -0.1) is 0 Å². The quantitative estimate of drug-likeness (QED) is 0.283. The number of nitrogens with one attached hydrogen (secondary N) is 3. The molecule has 0 radical (unpaired) electrons. The van der Waals surface area contributed by atoms with Crippen molar-refractivity contribution in [2.75, 3.05) is 0 Å². The first-order valence-electron chi connectivity index (χ1n) is 11.2. The molecular weight excluding hydrogens is 455 g/mol. The van der Waals surface area contributed by atoms with Crippen molar-refractivity contribution in [3.8, 4) is 0 Å². The molecule has 184 valence electrons. The van der Waals surface area contributed by atoms with Crippen molar-refractivity contribution in [2.24, 2.45) is 17.8 Å². The molecule has 3 rings (SSSR count). The summed E-state index contributed by atoms with van der Waals surface area (Å²) in [5.41, 5.74) is 0.331. The lowest BCUT2D eigenvalue weighted by Crippen LogP contribution is -2.49. The number of ketones is 1.